The largest absolute Gasteiger partial charge is 0.399 e. The van der Waals surface area contributed by atoms with Crippen molar-refractivity contribution in [2.45, 2.75) is 47.0 Å². The van der Waals surface area contributed by atoms with E-state index in [4.69, 9.17) is 5.73 Å². The Labute approximate surface area is 124 Å². The molecule has 1 rings (SSSR count). The molecule has 0 fully saturated rings. The maximum Gasteiger partial charge on any atom is 0.129 e. The van der Waals surface area contributed by atoms with Crippen LogP contribution in [0.2, 0.25) is 0 Å². The zero-order chi connectivity index (χ0) is 14.9. The number of nitrogens with two attached hydrogens (primary N) is 2. The molecule has 0 aromatic heterocycles. The van der Waals surface area contributed by atoms with Crippen molar-refractivity contribution in [3.63, 3.8) is 0 Å². The SMILES string of the molecule is CC.CC.CSCCCCC[NH2+]c1ccc(N)cc1. The Kier molecular flexibility index (Phi) is 18.8. The third-order valence-corrected chi connectivity index (χ3v) is 3.07. The first kappa shape index (κ1) is 20.6. The molecule has 0 bridgehead atoms. The number of unbranched alkanes of at least 4 members (excludes halogenated alkanes) is 2. The molecule has 0 aliphatic rings. The molecule has 0 atom stereocenters. The van der Waals surface area contributed by atoms with Gasteiger partial charge in [-0.1, -0.05) is 27.7 Å². The lowest BCUT2D eigenvalue weighted by atomic mass is 10.2. The lowest BCUT2D eigenvalue weighted by molar-refractivity contribution is -0.572. The van der Waals surface area contributed by atoms with E-state index in [0.29, 0.717) is 0 Å². The average molecular weight is 286 g/mol. The van der Waals surface area contributed by atoms with E-state index in [0.717, 1.165) is 5.69 Å². The van der Waals surface area contributed by atoms with E-state index in [-0.39, 0.29) is 0 Å². The Balaban J connectivity index is 0. The van der Waals surface area contributed by atoms with Gasteiger partial charge in [0.15, 0.2) is 0 Å². The molecule has 4 N–H and O–H groups in total. The van der Waals surface area contributed by atoms with Gasteiger partial charge in [0.05, 0.1) is 6.54 Å². The summed E-state index contributed by atoms with van der Waals surface area (Å²) in [7, 11) is 0. The van der Waals surface area contributed by atoms with Crippen molar-refractivity contribution in [1.29, 1.82) is 0 Å². The van der Waals surface area contributed by atoms with E-state index in [1.807, 2.05) is 51.6 Å². The van der Waals surface area contributed by atoms with Gasteiger partial charge in [0.2, 0.25) is 0 Å². The summed E-state index contributed by atoms with van der Waals surface area (Å²) >= 11 is 1.93. The molecule has 0 spiro atoms. The second-order valence-corrected chi connectivity index (χ2v) is 4.70. The van der Waals surface area contributed by atoms with Gasteiger partial charge in [0, 0.05) is 17.8 Å². The molecule has 0 unspecified atom stereocenters. The maximum absolute atomic E-state index is 5.62. The lowest BCUT2D eigenvalue weighted by Gasteiger charge is -2.01. The Bertz CT molecular complexity index is 260. The standard InChI is InChI=1S/C12H20N2S.2C2H6/c1-15-10-4-2-3-9-14-12-7-5-11(13)6-8-12;2*1-2/h5-8,14H,2-4,9-10,13H2,1H3;2*1-2H3/p+1. The highest BCUT2D eigenvalue weighted by Gasteiger charge is 1.96. The predicted molar refractivity (Wildman–Crippen MR) is 92.2 cm³/mol. The monoisotopic (exact) mass is 285 g/mol. The Morgan fingerprint density at radius 3 is 2.05 bits per heavy atom. The highest BCUT2D eigenvalue weighted by atomic mass is 32.2. The van der Waals surface area contributed by atoms with Gasteiger partial charge in [-0.3, -0.25) is 0 Å². The summed E-state index contributed by atoms with van der Waals surface area (Å²) in [4.78, 5) is 0. The van der Waals surface area contributed by atoms with Crippen LogP contribution in [-0.4, -0.2) is 18.6 Å². The predicted octanol–water partition coefficient (Wildman–Crippen LogP) is 4.05. The van der Waals surface area contributed by atoms with Crippen LogP contribution >= 0.6 is 11.8 Å². The minimum Gasteiger partial charge on any atom is -0.399 e. The van der Waals surface area contributed by atoms with Crippen LogP contribution in [0.5, 0.6) is 0 Å². The molecule has 0 aliphatic heterocycles. The molecule has 0 heterocycles. The number of hydrogen-bond donors (Lipinski definition) is 2. The molecule has 112 valence electrons. The second-order valence-electron chi connectivity index (χ2n) is 3.71. The van der Waals surface area contributed by atoms with Crippen LogP contribution in [0.1, 0.15) is 47.0 Å². The third-order valence-electron chi connectivity index (χ3n) is 2.37. The van der Waals surface area contributed by atoms with Crippen LogP contribution in [0.15, 0.2) is 24.3 Å². The normalized spacial score (nSPS) is 8.89. The fourth-order valence-corrected chi connectivity index (χ4v) is 1.96. The van der Waals surface area contributed by atoms with E-state index < -0.39 is 0 Å². The highest BCUT2D eigenvalue weighted by molar-refractivity contribution is 7.98. The number of quaternary nitrogens is 1. The zero-order valence-corrected chi connectivity index (χ0v) is 14.2. The number of thioether (sulfide) groups is 1. The van der Waals surface area contributed by atoms with Gasteiger partial charge in [-0.25, -0.2) is 0 Å². The topological polar surface area (TPSA) is 42.6 Å². The van der Waals surface area contributed by atoms with Crippen molar-refractivity contribution in [1.82, 2.24) is 0 Å². The van der Waals surface area contributed by atoms with Crippen LogP contribution in [0.25, 0.3) is 0 Å². The van der Waals surface area contributed by atoms with Crippen molar-refractivity contribution in [2.75, 3.05) is 24.3 Å². The third kappa shape index (κ3) is 13.6. The molecular weight excluding hydrogens is 252 g/mol. The minimum absolute atomic E-state index is 0.840. The number of benzene rings is 1. The van der Waals surface area contributed by atoms with E-state index in [9.17, 15) is 0 Å². The Morgan fingerprint density at radius 2 is 1.53 bits per heavy atom. The number of anilines is 1. The maximum atomic E-state index is 5.62. The molecule has 0 saturated carbocycles. The molecular formula is C16H33N2S+. The van der Waals surface area contributed by atoms with Gasteiger partial charge in [-0.2, -0.15) is 11.8 Å². The quantitative estimate of drug-likeness (QED) is 0.586. The first-order chi connectivity index (χ1) is 9.33. The molecule has 0 aliphatic carbocycles. The van der Waals surface area contributed by atoms with Crippen molar-refractivity contribution in [3.05, 3.63) is 24.3 Å². The molecule has 0 radical (unpaired) electrons. The molecule has 1 aromatic rings. The molecule has 1 aromatic carbocycles. The highest BCUT2D eigenvalue weighted by Crippen LogP contribution is 2.05. The summed E-state index contributed by atoms with van der Waals surface area (Å²) in [6, 6.07) is 8.08. The van der Waals surface area contributed by atoms with Crippen LogP contribution in [0, 0.1) is 0 Å². The van der Waals surface area contributed by atoms with Crippen LogP contribution < -0.4 is 11.1 Å². The van der Waals surface area contributed by atoms with E-state index in [1.54, 1.807) is 0 Å². The van der Waals surface area contributed by atoms with Crippen molar-refractivity contribution in [3.8, 4) is 0 Å². The van der Waals surface area contributed by atoms with Gasteiger partial charge in [0.25, 0.3) is 0 Å². The Hall–Kier alpha value is -0.670. The van der Waals surface area contributed by atoms with Gasteiger partial charge >= 0.3 is 0 Å². The van der Waals surface area contributed by atoms with Crippen LogP contribution in [0.3, 0.4) is 0 Å². The van der Waals surface area contributed by atoms with Crippen LogP contribution in [-0.2, 0) is 0 Å². The summed E-state index contributed by atoms with van der Waals surface area (Å²) < 4.78 is 0. The smallest absolute Gasteiger partial charge is 0.129 e. The van der Waals surface area contributed by atoms with E-state index in [2.05, 4.69) is 23.7 Å². The van der Waals surface area contributed by atoms with Gasteiger partial charge in [0.1, 0.15) is 5.69 Å². The lowest BCUT2D eigenvalue weighted by Crippen LogP contribution is -2.77. The molecule has 3 heteroatoms. The summed E-state index contributed by atoms with van der Waals surface area (Å²) in [6.45, 7) is 9.18. The summed E-state index contributed by atoms with van der Waals surface area (Å²) in [5, 5.41) is 2.29. The van der Waals surface area contributed by atoms with Crippen molar-refractivity contribution < 1.29 is 5.32 Å². The van der Waals surface area contributed by atoms with Crippen molar-refractivity contribution >= 4 is 23.1 Å². The fraction of sp³-hybridized carbons (Fsp3) is 0.625. The number of rotatable bonds is 7. The zero-order valence-electron chi connectivity index (χ0n) is 13.4. The average Bonchev–Trinajstić information content (AvgIpc) is 2.49. The first-order valence-corrected chi connectivity index (χ1v) is 8.90. The number of nitrogen functional groups attached to an aromatic ring is 1. The minimum atomic E-state index is 0.840. The second kappa shape index (κ2) is 17.3. The molecule has 19 heavy (non-hydrogen) atoms. The fourth-order valence-electron chi connectivity index (χ4n) is 1.47. The van der Waals surface area contributed by atoms with Crippen molar-refractivity contribution in [2.24, 2.45) is 0 Å². The summed E-state index contributed by atoms with van der Waals surface area (Å²) in [5.74, 6) is 1.29. The van der Waals surface area contributed by atoms with Gasteiger partial charge < -0.3 is 11.1 Å². The van der Waals surface area contributed by atoms with Gasteiger partial charge in [-0.05, 0) is 43.4 Å². The van der Waals surface area contributed by atoms with E-state index in [1.165, 1.54) is 37.2 Å². The van der Waals surface area contributed by atoms with E-state index >= 15 is 0 Å². The molecule has 2 nitrogen and oxygen atoms in total. The molecule has 0 amide bonds. The van der Waals surface area contributed by atoms with Gasteiger partial charge in [-0.15, -0.1) is 0 Å². The first-order valence-electron chi connectivity index (χ1n) is 7.50. The summed E-state index contributed by atoms with van der Waals surface area (Å²) in [6.07, 6.45) is 6.15. The number of hydrogen-bond acceptors (Lipinski definition) is 2. The van der Waals surface area contributed by atoms with Crippen LogP contribution in [0.4, 0.5) is 11.4 Å². The Morgan fingerprint density at radius 1 is 0.947 bits per heavy atom. The summed E-state index contributed by atoms with van der Waals surface area (Å²) in [5.41, 5.74) is 7.75. The molecule has 0 saturated heterocycles.